The van der Waals surface area contributed by atoms with Gasteiger partial charge in [-0.2, -0.15) is 0 Å². The van der Waals surface area contributed by atoms with Crippen molar-refractivity contribution in [2.24, 2.45) is 0 Å². The fraction of sp³-hybridized carbons (Fsp3) is 0.250. The predicted octanol–water partition coefficient (Wildman–Crippen LogP) is 2.29. The molecule has 1 rings (SSSR count). The number of hydrogen-bond donors (Lipinski definition) is 1. The number of amides is 1. The Morgan fingerprint density at radius 3 is 2.76 bits per heavy atom. The van der Waals surface area contributed by atoms with Crippen LogP contribution >= 0.6 is 39.1 Å². The molecule has 0 spiro atoms. The first-order valence-corrected chi connectivity index (χ1v) is 5.94. The molecule has 1 aromatic rings. The van der Waals surface area contributed by atoms with Gasteiger partial charge in [0.25, 0.3) is 5.91 Å². The number of nitro groups is 1. The smallest absolute Gasteiger partial charge is 0.301 e. The van der Waals surface area contributed by atoms with Crippen molar-refractivity contribution < 1.29 is 9.72 Å². The Bertz CT molecular complexity index is 456. The Balaban J connectivity index is 3.03. The molecule has 0 radical (unpaired) electrons. The van der Waals surface area contributed by atoms with Crippen molar-refractivity contribution in [2.45, 2.75) is 4.84 Å². The molecule has 0 aliphatic carbocycles. The van der Waals surface area contributed by atoms with Gasteiger partial charge in [0.15, 0.2) is 0 Å². The number of halogens is 3. The van der Waals surface area contributed by atoms with E-state index in [1.807, 2.05) is 0 Å². The molecular weight excluding hydrogens is 337 g/mol. The van der Waals surface area contributed by atoms with Crippen molar-refractivity contribution in [1.82, 2.24) is 10.3 Å². The number of aromatic nitrogens is 1. The van der Waals surface area contributed by atoms with E-state index in [1.54, 1.807) is 0 Å². The highest BCUT2D eigenvalue weighted by molar-refractivity contribution is 9.10. The third kappa shape index (κ3) is 3.79. The SMILES string of the molecule is O=C(NCC(Cl)Cl)c1c(Br)cncc1[N+](=O)[O-]. The van der Waals surface area contributed by atoms with E-state index >= 15 is 0 Å². The largest absolute Gasteiger partial charge is 0.349 e. The molecule has 17 heavy (non-hydrogen) atoms. The minimum Gasteiger partial charge on any atom is -0.349 e. The average molecular weight is 343 g/mol. The topological polar surface area (TPSA) is 85.1 Å². The Morgan fingerprint density at radius 2 is 2.24 bits per heavy atom. The minimum atomic E-state index is -0.779. The van der Waals surface area contributed by atoms with E-state index in [-0.39, 0.29) is 16.6 Å². The molecule has 0 saturated heterocycles. The maximum Gasteiger partial charge on any atom is 0.301 e. The van der Waals surface area contributed by atoms with Gasteiger partial charge in [-0.3, -0.25) is 19.9 Å². The number of rotatable bonds is 4. The van der Waals surface area contributed by atoms with Gasteiger partial charge in [-0.1, -0.05) is 0 Å². The third-order valence-corrected chi connectivity index (χ3v) is 2.63. The van der Waals surface area contributed by atoms with Crippen LogP contribution in [0, 0.1) is 10.1 Å². The summed E-state index contributed by atoms with van der Waals surface area (Å²) in [5.74, 6) is -0.641. The second-order valence-corrected chi connectivity index (χ2v) is 5.01. The van der Waals surface area contributed by atoms with Gasteiger partial charge in [-0.05, 0) is 15.9 Å². The van der Waals surface area contributed by atoms with E-state index in [0.717, 1.165) is 6.20 Å². The van der Waals surface area contributed by atoms with Crippen molar-refractivity contribution in [3.8, 4) is 0 Å². The normalized spacial score (nSPS) is 10.4. The Morgan fingerprint density at radius 1 is 1.59 bits per heavy atom. The molecule has 0 atom stereocenters. The van der Waals surface area contributed by atoms with Crippen molar-refractivity contribution in [2.75, 3.05) is 6.54 Å². The van der Waals surface area contributed by atoms with E-state index in [0.29, 0.717) is 0 Å². The summed E-state index contributed by atoms with van der Waals surface area (Å²) in [5, 5.41) is 13.1. The fourth-order valence-electron chi connectivity index (χ4n) is 1.05. The van der Waals surface area contributed by atoms with Crippen LogP contribution in [0.2, 0.25) is 0 Å². The molecule has 1 aromatic heterocycles. The van der Waals surface area contributed by atoms with Crippen molar-refractivity contribution in [3.05, 3.63) is 32.5 Å². The van der Waals surface area contributed by atoms with Crippen LogP contribution in [0.5, 0.6) is 0 Å². The van der Waals surface area contributed by atoms with Crippen molar-refractivity contribution >= 4 is 50.7 Å². The molecule has 0 fully saturated rings. The summed E-state index contributed by atoms with van der Waals surface area (Å²) in [7, 11) is 0. The van der Waals surface area contributed by atoms with Crippen LogP contribution in [0.1, 0.15) is 10.4 Å². The third-order valence-electron chi connectivity index (χ3n) is 1.72. The first kappa shape index (κ1) is 14.1. The highest BCUT2D eigenvalue weighted by atomic mass is 79.9. The maximum atomic E-state index is 11.7. The van der Waals surface area contributed by atoms with E-state index in [4.69, 9.17) is 23.2 Å². The lowest BCUT2D eigenvalue weighted by Crippen LogP contribution is -2.28. The second kappa shape index (κ2) is 6.13. The van der Waals surface area contributed by atoms with Crippen LogP contribution in [0.3, 0.4) is 0 Å². The maximum absolute atomic E-state index is 11.7. The lowest BCUT2D eigenvalue weighted by molar-refractivity contribution is -0.385. The summed E-state index contributed by atoms with van der Waals surface area (Å²) < 4.78 is 0.227. The number of nitrogens with one attached hydrogen (secondary N) is 1. The first-order chi connectivity index (χ1) is 7.93. The molecule has 0 aliphatic heterocycles. The fourth-order valence-corrected chi connectivity index (χ4v) is 1.70. The summed E-state index contributed by atoms with van der Waals surface area (Å²) >= 11 is 13.9. The molecule has 92 valence electrons. The van der Waals surface area contributed by atoms with E-state index in [2.05, 4.69) is 26.2 Å². The van der Waals surface area contributed by atoms with E-state index in [1.165, 1.54) is 6.20 Å². The van der Waals surface area contributed by atoms with Crippen LogP contribution in [0.15, 0.2) is 16.9 Å². The van der Waals surface area contributed by atoms with Crippen LogP contribution < -0.4 is 5.32 Å². The zero-order valence-corrected chi connectivity index (χ0v) is 11.3. The number of carbonyl (C=O) groups excluding carboxylic acids is 1. The lowest BCUT2D eigenvalue weighted by Gasteiger charge is -2.07. The van der Waals surface area contributed by atoms with Gasteiger partial charge in [-0.15, -0.1) is 23.2 Å². The van der Waals surface area contributed by atoms with Crippen molar-refractivity contribution in [1.29, 1.82) is 0 Å². The van der Waals surface area contributed by atoms with Gasteiger partial charge in [0.2, 0.25) is 0 Å². The molecule has 0 aromatic carbocycles. The standard InChI is InChI=1S/C8H6BrCl2N3O3/c9-4-1-12-2-5(14(16)17)7(4)8(15)13-3-6(10)11/h1-2,6H,3H2,(H,13,15). The Hall–Kier alpha value is -0.920. The predicted molar refractivity (Wildman–Crippen MR) is 66.4 cm³/mol. The van der Waals surface area contributed by atoms with Gasteiger partial charge < -0.3 is 5.32 Å². The molecule has 0 bridgehead atoms. The quantitative estimate of drug-likeness (QED) is 0.516. The van der Waals surface area contributed by atoms with Crippen molar-refractivity contribution in [3.63, 3.8) is 0 Å². The lowest BCUT2D eigenvalue weighted by atomic mass is 10.2. The molecule has 1 heterocycles. The van der Waals surface area contributed by atoms with Crippen LogP contribution in [0.25, 0.3) is 0 Å². The van der Waals surface area contributed by atoms with Gasteiger partial charge >= 0.3 is 5.69 Å². The summed E-state index contributed by atoms with van der Waals surface area (Å²) in [4.78, 5) is 24.6. The van der Waals surface area contributed by atoms with Crippen LogP contribution in [-0.2, 0) is 0 Å². The molecular formula is C8H6BrCl2N3O3. The van der Waals surface area contributed by atoms with Crippen LogP contribution in [0.4, 0.5) is 5.69 Å². The molecule has 1 amide bonds. The molecule has 0 saturated carbocycles. The van der Waals surface area contributed by atoms with E-state index < -0.39 is 21.4 Å². The monoisotopic (exact) mass is 341 g/mol. The molecule has 0 aliphatic rings. The Labute approximate surface area is 115 Å². The average Bonchev–Trinajstić information content (AvgIpc) is 2.25. The summed E-state index contributed by atoms with van der Waals surface area (Å²) in [5.41, 5.74) is -0.503. The molecule has 6 nitrogen and oxygen atoms in total. The van der Waals surface area contributed by atoms with Crippen LogP contribution in [-0.4, -0.2) is 27.2 Å². The molecule has 1 N–H and O–H groups in total. The zero-order valence-electron chi connectivity index (χ0n) is 8.19. The highest BCUT2D eigenvalue weighted by Crippen LogP contribution is 2.25. The zero-order chi connectivity index (χ0) is 13.0. The Kier molecular flexibility index (Phi) is 5.10. The van der Waals surface area contributed by atoms with E-state index in [9.17, 15) is 14.9 Å². The molecule has 9 heteroatoms. The summed E-state index contributed by atoms with van der Waals surface area (Å²) in [6.45, 7) is -0.00609. The first-order valence-electron chi connectivity index (χ1n) is 4.27. The van der Waals surface area contributed by atoms with Gasteiger partial charge in [0, 0.05) is 12.7 Å². The highest BCUT2D eigenvalue weighted by Gasteiger charge is 2.23. The summed E-state index contributed by atoms with van der Waals surface area (Å²) in [6.07, 6.45) is 2.29. The number of carbonyl (C=O) groups is 1. The number of hydrogen-bond acceptors (Lipinski definition) is 4. The second-order valence-electron chi connectivity index (χ2n) is 2.87. The van der Waals surface area contributed by atoms with Gasteiger partial charge in [-0.25, -0.2) is 0 Å². The number of nitrogens with zero attached hydrogens (tertiary/aromatic N) is 2. The number of alkyl halides is 2. The van der Waals surface area contributed by atoms with Gasteiger partial charge in [0.1, 0.15) is 16.6 Å². The minimum absolute atomic E-state index is 0.00609. The number of pyridine rings is 1. The molecule has 0 unspecified atom stereocenters. The van der Waals surface area contributed by atoms with Gasteiger partial charge in [0.05, 0.1) is 9.40 Å². The summed E-state index contributed by atoms with van der Waals surface area (Å²) in [6, 6.07) is 0.